The van der Waals surface area contributed by atoms with Crippen molar-refractivity contribution in [2.45, 2.75) is 20.8 Å². The molecule has 0 aliphatic carbocycles. The molecular formula is C15H16FNO4. The Labute approximate surface area is 122 Å². The molecule has 0 bridgehead atoms. The van der Waals surface area contributed by atoms with Gasteiger partial charge in [0.05, 0.1) is 5.69 Å². The summed E-state index contributed by atoms with van der Waals surface area (Å²) in [6.07, 6.45) is 5.03. The number of carbonyl (C=O) groups is 2. The van der Waals surface area contributed by atoms with Gasteiger partial charge in [0.25, 0.3) is 0 Å². The maximum Gasteiger partial charge on any atom is 0.341 e. The van der Waals surface area contributed by atoms with Crippen molar-refractivity contribution < 1.29 is 23.8 Å². The Morgan fingerprint density at radius 2 is 2.05 bits per heavy atom. The molecule has 0 fully saturated rings. The fraction of sp³-hybridized carbons (Fsp3) is 0.333. The third kappa shape index (κ3) is 4.21. The predicted molar refractivity (Wildman–Crippen MR) is 75.8 cm³/mol. The van der Waals surface area contributed by atoms with E-state index in [9.17, 15) is 19.1 Å². The summed E-state index contributed by atoms with van der Waals surface area (Å²) >= 11 is 0. The van der Waals surface area contributed by atoms with Crippen LogP contribution in [0.1, 0.15) is 31.1 Å². The quantitative estimate of drug-likeness (QED) is 0.836. The van der Waals surface area contributed by atoms with Crippen LogP contribution in [0.4, 0.5) is 10.1 Å². The minimum atomic E-state index is -1.36. The molecule has 0 atom stereocenters. The van der Waals surface area contributed by atoms with E-state index in [1.165, 1.54) is 0 Å². The Hall–Kier alpha value is -2.55. The molecule has 0 unspecified atom stereocenters. The Kier molecular flexibility index (Phi) is 4.93. The fourth-order valence-corrected chi connectivity index (χ4v) is 1.44. The van der Waals surface area contributed by atoms with Gasteiger partial charge in [0.15, 0.2) is 0 Å². The van der Waals surface area contributed by atoms with Gasteiger partial charge in [-0.05, 0) is 6.07 Å². The molecular weight excluding hydrogens is 277 g/mol. The molecule has 112 valence electrons. The molecule has 1 amide bonds. The van der Waals surface area contributed by atoms with Crippen LogP contribution in [-0.2, 0) is 4.79 Å². The topological polar surface area (TPSA) is 75.6 Å². The summed E-state index contributed by atoms with van der Waals surface area (Å²) in [4.78, 5) is 23.3. The Balaban J connectivity index is 3.30. The number of benzene rings is 1. The van der Waals surface area contributed by atoms with Crippen molar-refractivity contribution in [1.82, 2.24) is 0 Å². The van der Waals surface area contributed by atoms with Crippen LogP contribution < -0.4 is 10.1 Å². The molecule has 5 nitrogen and oxygen atoms in total. The minimum Gasteiger partial charge on any atom is -0.480 e. The highest BCUT2D eigenvalue weighted by Gasteiger charge is 2.25. The van der Waals surface area contributed by atoms with Gasteiger partial charge in [-0.2, -0.15) is 0 Å². The van der Waals surface area contributed by atoms with Gasteiger partial charge < -0.3 is 15.2 Å². The van der Waals surface area contributed by atoms with Crippen molar-refractivity contribution in [1.29, 1.82) is 0 Å². The minimum absolute atomic E-state index is 0.172. The molecule has 21 heavy (non-hydrogen) atoms. The average Bonchev–Trinajstić information content (AvgIpc) is 2.33. The van der Waals surface area contributed by atoms with Crippen molar-refractivity contribution >= 4 is 17.6 Å². The number of amides is 1. The number of aromatic carboxylic acids is 1. The zero-order valence-electron chi connectivity index (χ0n) is 12.0. The largest absolute Gasteiger partial charge is 0.480 e. The van der Waals surface area contributed by atoms with Crippen LogP contribution in [0, 0.1) is 23.6 Å². The molecule has 1 rings (SSSR count). The summed E-state index contributed by atoms with van der Waals surface area (Å²) in [6.45, 7) is 4.74. The Morgan fingerprint density at radius 3 is 2.52 bits per heavy atom. The summed E-state index contributed by atoms with van der Waals surface area (Å²) in [6, 6.07) is 1.84. The van der Waals surface area contributed by atoms with Crippen LogP contribution in [0.15, 0.2) is 12.1 Å². The summed E-state index contributed by atoms with van der Waals surface area (Å²) in [5.41, 5.74) is -1.28. The number of terminal acetylenes is 1. The van der Waals surface area contributed by atoms with Gasteiger partial charge in [-0.1, -0.05) is 26.7 Å². The van der Waals surface area contributed by atoms with Crippen LogP contribution in [0.5, 0.6) is 5.75 Å². The SMILES string of the molecule is C#CCOc1cc(F)cc(NC(=O)C(C)(C)C)c1C(=O)O. The van der Waals surface area contributed by atoms with Gasteiger partial charge in [0, 0.05) is 11.5 Å². The van der Waals surface area contributed by atoms with Crippen molar-refractivity contribution in [2.75, 3.05) is 11.9 Å². The highest BCUT2D eigenvalue weighted by molar-refractivity contribution is 6.03. The van der Waals surface area contributed by atoms with E-state index >= 15 is 0 Å². The molecule has 0 saturated heterocycles. The summed E-state index contributed by atoms with van der Waals surface area (Å²) in [5.74, 6) is -0.611. The molecule has 1 aromatic carbocycles. The zero-order valence-corrected chi connectivity index (χ0v) is 12.0. The van der Waals surface area contributed by atoms with Crippen LogP contribution in [0.3, 0.4) is 0 Å². The van der Waals surface area contributed by atoms with E-state index in [1.54, 1.807) is 20.8 Å². The second-order valence-electron chi connectivity index (χ2n) is 5.33. The molecule has 6 heteroatoms. The first-order valence-electron chi connectivity index (χ1n) is 6.11. The number of halogens is 1. The molecule has 0 heterocycles. The molecule has 0 aromatic heterocycles. The van der Waals surface area contributed by atoms with E-state index in [4.69, 9.17) is 11.2 Å². The number of ether oxygens (including phenoxy) is 1. The van der Waals surface area contributed by atoms with Crippen LogP contribution in [0.2, 0.25) is 0 Å². The average molecular weight is 293 g/mol. The number of anilines is 1. The molecule has 0 radical (unpaired) electrons. The second-order valence-corrected chi connectivity index (χ2v) is 5.33. The number of rotatable bonds is 4. The summed E-state index contributed by atoms with van der Waals surface area (Å²) in [7, 11) is 0. The molecule has 0 aliphatic heterocycles. The standard InChI is InChI=1S/C15H16FNO4/c1-5-6-21-11-8-9(16)7-10(12(11)13(18)19)17-14(20)15(2,3)4/h1,7-8H,6H2,2-4H3,(H,17,20)(H,18,19). The lowest BCUT2D eigenvalue weighted by atomic mass is 9.95. The Morgan fingerprint density at radius 1 is 1.43 bits per heavy atom. The highest BCUT2D eigenvalue weighted by Crippen LogP contribution is 2.30. The van der Waals surface area contributed by atoms with Crippen molar-refractivity contribution in [3.63, 3.8) is 0 Å². The van der Waals surface area contributed by atoms with Crippen LogP contribution in [0.25, 0.3) is 0 Å². The fourth-order valence-electron chi connectivity index (χ4n) is 1.44. The van der Waals surface area contributed by atoms with Gasteiger partial charge in [0.1, 0.15) is 23.7 Å². The van der Waals surface area contributed by atoms with E-state index in [2.05, 4.69) is 11.2 Å². The highest BCUT2D eigenvalue weighted by atomic mass is 19.1. The number of carboxylic acid groups (broad SMARTS) is 1. The van der Waals surface area contributed by atoms with Gasteiger partial charge in [-0.3, -0.25) is 4.79 Å². The smallest absolute Gasteiger partial charge is 0.341 e. The predicted octanol–water partition coefficient (Wildman–Crippen LogP) is 2.52. The number of nitrogens with one attached hydrogen (secondary N) is 1. The van der Waals surface area contributed by atoms with E-state index in [-0.39, 0.29) is 23.6 Å². The van der Waals surface area contributed by atoms with Gasteiger partial charge in [-0.15, -0.1) is 6.42 Å². The molecule has 2 N–H and O–H groups in total. The Bertz CT molecular complexity index is 611. The van der Waals surface area contributed by atoms with Crippen LogP contribution in [-0.4, -0.2) is 23.6 Å². The zero-order chi connectivity index (χ0) is 16.2. The van der Waals surface area contributed by atoms with E-state index < -0.39 is 23.1 Å². The number of carboxylic acids is 1. The van der Waals surface area contributed by atoms with Gasteiger partial charge >= 0.3 is 5.97 Å². The lowest BCUT2D eigenvalue weighted by Crippen LogP contribution is -2.28. The van der Waals surface area contributed by atoms with Crippen LogP contribution >= 0.6 is 0 Å². The summed E-state index contributed by atoms with van der Waals surface area (Å²) < 4.78 is 18.6. The number of hydrogen-bond donors (Lipinski definition) is 2. The van der Waals surface area contributed by atoms with E-state index in [0.29, 0.717) is 0 Å². The van der Waals surface area contributed by atoms with E-state index in [0.717, 1.165) is 12.1 Å². The lowest BCUT2D eigenvalue weighted by Gasteiger charge is -2.19. The molecule has 0 spiro atoms. The first-order chi connectivity index (χ1) is 9.66. The normalized spacial score (nSPS) is 10.6. The number of carbonyl (C=O) groups excluding carboxylic acids is 1. The first kappa shape index (κ1) is 16.5. The number of hydrogen-bond acceptors (Lipinski definition) is 3. The van der Waals surface area contributed by atoms with E-state index in [1.807, 2.05) is 0 Å². The molecule has 0 saturated carbocycles. The lowest BCUT2D eigenvalue weighted by molar-refractivity contribution is -0.123. The van der Waals surface area contributed by atoms with Gasteiger partial charge in [-0.25, -0.2) is 9.18 Å². The monoisotopic (exact) mass is 293 g/mol. The molecule has 1 aromatic rings. The van der Waals surface area contributed by atoms with Crippen molar-refractivity contribution in [2.24, 2.45) is 5.41 Å². The van der Waals surface area contributed by atoms with Gasteiger partial charge in [0.2, 0.25) is 5.91 Å². The second kappa shape index (κ2) is 6.27. The third-order valence-corrected chi connectivity index (χ3v) is 2.52. The summed E-state index contributed by atoms with van der Waals surface area (Å²) in [5, 5.41) is 11.6. The first-order valence-corrected chi connectivity index (χ1v) is 6.11. The molecule has 0 aliphatic rings. The van der Waals surface area contributed by atoms with Crippen molar-refractivity contribution in [3.05, 3.63) is 23.5 Å². The maximum atomic E-state index is 13.6. The van der Waals surface area contributed by atoms with Crippen molar-refractivity contribution in [3.8, 4) is 18.1 Å². The maximum absolute atomic E-state index is 13.6. The third-order valence-electron chi connectivity index (χ3n) is 2.52.